The minimum absolute atomic E-state index is 0.479. The van der Waals surface area contributed by atoms with Crippen LogP contribution in [0.5, 0.6) is 0 Å². The van der Waals surface area contributed by atoms with Crippen LogP contribution < -0.4 is 5.32 Å². The van der Waals surface area contributed by atoms with Gasteiger partial charge in [0, 0.05) is 25.3 Å². The van der Waals surface area contributed by atoms with Gasteiger partial charge >= 0.3 is 0 Å². The quantitative estimate of drug-likeness (QED) is 0.705. The Balaban J connectivity index is 1.25. The van der Waals surface area contributed by atoms with Gasteiger partial charge in [-0.25, -0.2) is 14.6 Å². The van der Waals surface area contributed by atoms with Gasteiger partial charge in [0.2, 0.25) is 0 Å². The second-order valence-electron chi connectivity index (χ2n) is 6.35. The lowest BCUT2D eigenvalue weighted by Gasteiger charge is -2.23. The predicted molar refractivity (Wildman–Crippen MR) is 91.8 cm³/mol. The molecule has 0 radical (unpaired) electrons. The van der Waals surface area contributed by atoms with Crippen LogP contribution in [-0.4, -0.2) is 32.3 Å². The molecule has 3 aromatic rings. The molecule has 2 aromatic heterocycles. The maximum absolute atomic E-state index is 5.76. The van der Waals surface area contributed by atoms with E-state index in [9.17, 15) is 0 Å². The molecule has 0 aliphatic carbocycles. The predicted octanol–water partition coefficient (Wildman–Crippen LogP) is 2.52. The zero-order valence-corrected chi connectivity index (χ0v) is 14.0. The van der Waals surface area contributed by atoms with Crippen molar-refractivity contribution in [2.75, 3.05) is 6.54 Å². The van der Waals surface area contributed by atoms with E-state index >= 15 is 0 Å². The number of aromatic nitrogens is 4. The monoisotopic (exact) mass is 325 g/mol. The van der Waals surface area contributed by atoms with Crippen molar-refractivity contribution in [3.05, 3.63) is 41.8 Å². The van der Waals surface area contributed by atoms with Crippen LogP contribution in [0, 0.1) is 0 Å². The first-order valence-corrected chi connectivity index (χ1v) is 8.82. The fourth-order valence-electron chi connectivity index (χ4n) is 3.25. The number of rotatable bonds is 6. The first-order valence-electron chi connectivity index (χ1n) is 8.82. The third-order valence-electron chi connectivity index (χ3n) is 4.56. The molecule has 0 fully saturated rings. The Morgan fingerprint density at radius 2 is 2.21 bits per heavy atom. The molecule has 0 saturated heterocycles. The number of fused-ring (bicyclic) bond motifs is 2. The Labute approximate surface area is 141 Å². The molecule has 1 N–H and O–H groups in total. The van der Waals surface area contributed by atoms with Crippen LogP contribution in [0.15, 0.2) is 28.7 Å². The minimum atomic E-state index is 0.479. The maximum Gasteiger partial charge on any atom is 0.195 e. The molecule has 0 spiro atoms. The molecule has 3 heterocycles. The third-order valence-corrected chi connectivity index (χ3v) is 4.56. The van der Waals surface area contributed by atoms with Gasteiger partial charge in [-0.1, -0.05) is 19.1 Å². The van der Waals surface area contributed by atoms with Gasteiger partial charge in [-0.3, -0.25) is 0 Å². The fraction of sp³-hybridized carbons (Fsp3) is 0.500. The van der Waals surface area contributed by atoms with Crippen LogP contribution in [0.3, 0.4) is 0 Å². The van der Waals surface area contributed by atoms with Crippen LogP contribution in [-0.2, 0) is 25.8 Å². The first-order chi connectivity index (χ1) is 11.8. The van der Waals surface area contributed by atoms with E-state index in [0.717, 1.165) is 73.8 Å². The molecule has 0 amide bonds. The molecule has 1 aromatic carbocycles. The molecule has 1 aliphatic heterocycles. The lowest BCUT2D eigenvalue weighted by Crippen LogP contribution is -2.38. The van der Waals surface area contributed by atoms with E-state index in [1.165, 1.54) is 0 Å². The smallest absolute Gasteiger partial charge is 0.195 e. The van der Waals surface area contributed by atoms with Gasteiger partial charge in [0.1, 0.15) is 11.3 Å². The van der Waals surface area contributed by atoms with E-state index < -0.39 is 0 Å². The highest BCUT2D eigenvalue weighted by molar-refractivity contribution is 5.72. The molecular formula is C18H23N5O. The number of nitrogens with one attached hydrogen (secondary N) is 1. The molecule has 126 valence electrons. The summed E-state index contributed by atoms with van der Waals surface area (Å²) in [5, 5.41) is 8.20. The van der Waals surface area contributed by atoms with Gasteiger partial charge in [0.25, 0.3) is 0 Å². The first kappa shape index (κ1) is 15.3. The highest BCUT2D eigenvalue weighted by Crippen LogP contribution is 2.16. The standard InChI is InChI=1S/C18H23N5O/c1-2-16-21-17-10-9-13(12-23(17)22-16)19-11-5-8-18-20-14-6-3-4-7-15(14)24-18/h3-4,6-7,13,19H,2,5,8-12H2,1H3/t13-/m1/s1. The topological polar surface area (TPSA) is 68.8 Å². The second-order valence-corrected chi connectivity index (χ2v) is 6.35. The molecule has 24 heavy (non-hydrogen) atoms. The molecule has 0 bridgehead atoms. The number of hydrogen-bond acceptors (Lipinski definition) is 5. The third kappa shape index (κ3) is 3.19. The number of nitrogens with zero attached hydrogens (tertiary/aromatic N) is 4. The number of oxazole rings is 1. The Bertz CT molecular complexity index is 789. The van der Waals surface area contributed by atoms with Crippen molar-refractivity contribution >= 4 is 11.1 Å². The Morgan fingerprint density at radius 3 is 3.08 bits per heavy atom. The van der Waals surface area contributed by atoms with E-state index in [1.807, 2.05) is 24.3 Å². The number of aryl methyl sites for hydroxylation is 3. The second kappa shape index (κ2) is 6.73. The summed E-state index contributed by atoms with van der Waals surface area (Å²) in [6.07, 6.45) is 4.93. The summed E-state index contributed by atoms with van der Waals surface area (Å²) in [6.45, 7) is 3.99. The van der Waals surface area contributed by atoms with Crippen LogP contribution in [0.2, 0.25) is 0 Å². The molecule has 0 saturated carbocycles. The summed E-state index contributed by atoms with van der Waals surface area (Å²) in [5.74, 6) is 2.92. The van der Waals surface area contributed by atoms with Gasteiger partial charge in [0.05, 0.1) is 6.54 Å². The summed E-state index contributed by atoms with van der Waals surface area (Å²) >= 11 is 0. The highest BCUT2D eigenvalue weighted by Gasteiger charge is 2.20. The number of para-hydroxylation sites is 2. The van der Waals surface area contributed by atoms with Gasteiger partial charge in [-0.05, 0) is 31.5 Å². The SMILES string of the molecule is CCc1nc2n(n1)C[C@H](NCCCc1nc3ccccc3o1)CC2. The largest absolute Gasteiger partial charge is 0.441 e. The van der Waals surface area contributed by atoms with Crippen molar-refractivity contribution in [3.8, 4) is 0 Å². The van der Waals surface area contributed by atoms with E-state index in [1.54, 1.807) is 0 Å². The van der Waals surface area contributed by atoms with E-state index in [-0.39, 0.29) is 0 Å². The number of hydrogen-bond donors (Lipinski definition) is 1. The average Bonchev–Trinajstić information content (AvgIpc) is 3.21. The average molecular weight is 325 g/mol. The van der Waals surface area contributed by atoms with E-state index in [0.29, 0.717) is 6.04 Å². The van der Waals surface area contributed by atoms with Gasteiger partial charge < -0.3 is 9.73 Å². The van der Waals surface area contributed by atoms with Crippen LogP contribution >= 0.6 is 0 Å². The van der Waals surface area contributed by atoms with Gasteiger partial charge in [0.15, 0.2) is 17.3 Å². The normalized spacial score (nSPS) is 17.3. The Hall–Kier alpha value is -2.21. The Kier molecular flexibility index (Phi) is 4.30. The van der Waals surface area contributed by atoms with Crippen LogP contribution in [0.4, 0.5) is 0 Å². The van der Waals surface area contributed by atoms with Crippen molar-refractivity contribution < 1.29 is 4.42 Å². The maximum atomic E-state index is 5.76. The van der Waals surface area contributed by atoms with Gasteiger partial charge in [-0.2, -0.15) is 5.10 Å². The zero-order chi connectivity index (χ0) is 16.4. The molecule has 6 heteroatoms. The van der Waals surface area contributed by atoms with Crippen LogP contribution in [0.1, 0.15) is 37.3 Å². The Morgan fingerprint density at radius 1 is 1.29 bits per heavy atom. The highest BCUT2D eigenvalue weighted by atomic mass is 16.3. The van der Waals surface area contributed by atoms with Crippen molar-refractivity contribution in [2.24, 2.45) is 0 Å². The van der Waals surface area contributed by atoms with Gasteiger partial charge in [-0.15, -0.1) is 0 Å². The van der Waals surface area contributed by atoms with E-state index in [2.05, 4.69) is 32.0 Å². The molecule has 1 atom stereocenters. The summed E-state index contributed by atoms with van der Waals surface area (Å²) in [4.78, 5) is 9.09. The van der Waals surface area contributed by atoms with Crippen molar-refractivity contribution in [2.45, 2.75) is 51.6 Å². The summed E-state index contributed by atoms with van der Waals surface area (Å²) < 4.78 is 7.83. The van der Waals surface area contributed by atoms with E-state index in [4.69, 9.17) is 4.42 Å². The summed E-state index contributed by atoms with van der Waals surface area (Å²) in [5.41, 5.74) is 1.82. The van der Waals surface area contributed by atoms with Crippen molar-refractivity contribution in [1.29, 1.82) is 0 Å². The molecule has 1 aliphatic rings. The summed E-state index contributed by atoms with van der Waals surface area (Å²) in [7, 11) is 0. The molecule has 6 nitrogen and oxygen atoms in total. The number of benzene rings is 1. The molecule has 0 unspecified atom stereocenters. The lowest BCUT2D eigenvalue weighted by atomic mass is 10.1. The minimum Gasteiger partial charge on any atom is -0.441 e. The molecule has 4 rings (SSSR count). The lowest BCUT2D eigenvalue weighted by molar-refractivity contribution is 0.356. The summed E-state index contributed by atoms with van der Waals surface area (Å²) in [6, 6.07) is 8.40. The van der Waals surface area contributed by atoms with Crippen LogP contribution in [0.25, 0.3) is 11.1 Å². The fourth-order valence-corrected chi connectivity index (χ4v) is 3.25. The van der Waals surface area contributed by atoms with Crippen molar-refractivity contribution in [1.82, 2.24) is 25.1 Å². The molecular weight excluding hydrogens is 302 g/mol. The zero-order valence-electron chi connectivity index (χ0n) is 14.0. The van der Waals surface area contributed by atoms with Crippen molar-refractivity contribution in [3.63, 3.8) is 0 Å².